The van der Waals surface area contributed by atoms with E-state index in [2.05, 4.69) is 6.92 Å². The van der Waals surface area contributed by atoms with Gasteiger partial charge in [-0.1, -0.05) is 76.5 Å². The maximum absolute atomic E-state index is 11.7. The van der Waals surface area contributed by atoms with Gasteiger partial charge in [0, 0.05) is 6.42 Å². The number of ether oxygens (including phenoxy) is 1. The first-order valence-electron chi connectivity index (χ1n) is 8.68. The molecule has 0 amide bonds. The van der Waals surface area contributed by atoms with Gasteiger partial charge in [-0.05, 0) is 18.6 Å². The van der Waals surface area contributed by atoms with E-state index in [0.717, 1.165) is 12.8 Å². The van der Waals surface area contributed by atoms with Crippen molar-refractivity contribution in [3.63, 3.8) is 0 Å². The molecule has 0 aliphatic heterocycles. The van der Waals surface area contributed by atoms with Gasteiger partial charge in [-0.2, -0.15) is 0 Å². The van der Waals surface area contributed by atoms with Crippen molar-refractivity contribution in [2.75, 3.05) is 0 Å². The van der Waals surface area contributed by atoms with Gasteiger partial charge in [0.25, 0.3) is 0 Å². The molecular weight excluding hydrogens is 276 g/mol. The molecule has 0 aliphatic carbocycles. The average Bonchev–Trinajstić information content (AvgIpc) is 2.54. The Labute approximate surface area is 134 Å². The average molecular weight is 306 g/mol. The summed E-state index contributed by atoms with van der Waals surface area (Å²) in [5, 5.41) is 9.74. The summed E-state index contributed by atoms with van der Waals surface area (Å²) >= 11 is 0. The molecule has 0 radical (unpaired) electrons. The SMILES string of the molecule is CCCCCCCCCCCC(O)OC(=O)c1ccccc1. The molecule has 124 valence electrons. The van der Waals surface area contributed by atoms with E-state index in [9.17, 15) is 9.90 Å². The van der Waals surface area contributed by atoms with E-state index in [1.165, 1.54) is 44.9 Å². The van der Waals surface area contributed by atoms with E-state index >= 15 is 0 Å². The van der Waals surface area contributed by atoms with Crippen molar-refractivity contribution in [3.05, 3.63) is 35.9 Å². The van der Waals surface area contributed by atoms with Crippen LogP contribution in [0.5, 0.6) is 0 Å². The van der Waals surface area contributed by atoms with Crippen LogP contribution in [0.15, 0.2) is 30.3 Å². The largest absolute Gasteiger partial charge is 0.432 e. The maximum Gasteiger partial charge on any atom is 0.340 e. The second-order valence-corrected chi connectivity index (χ2v) is 5.84. The fourth-order valence-corrected chi connectivity index (χ4v) is 2.45. The Hall–Kier alpha value is -1.35. The summed E-state index contributed by atoms with van der Waals surface area (Å²) in [7, 11) is 0. The van der Waals surface area contributed by atoms with Crippen LogP contribution in [0.2, 0.25) is 0 Å². The minimum Gasteiger partial charge on any atom is -0.432 e. The molecule has 0 aliphatic rings. The number of benzene rings is 1. The van der Waals surface area contributed by atoms with Gasteiger partial charge in [0.15, 0.2) is 0 Å². The zero-order valence-electron chi connectivity index (χ0n) is 13.8. The first kappa shape index (κ1) is 18.7. The molecule has 1 rings (SSSR count). The van der Waals surface area contributed by atoms with Crippen molar-refractivity contribution in [3.8, 4) is 0 Å². The fraction of sp³-hybridized carbons (Fsp3) is 0.632. The van der Waals surface area contributed by atoms with Crippen LogP contribution < -0.4 is 0 Å². The summed E-state index contributed by atoms with van der Waals surface area (Å²) in [4.78, 5) is 11.7. The van der Waals surface area contributed by atoms with E-state index in [4.69, 9.17) is 4.74 Å². The Kier molecular flexibility index (Phi) is 10.4. The first-order chi connectivity index (χ1) is 10.7. The highest BCUT2D eigenvalue weighted by molar-refractivity contribution is 5.89. The second kappa shape index (κ2) is 12.2. The first-order valence-corrected chi connectivity index (χ1v) is 8.68. The van der Waals surface area contributed by atoms with Crippen molar-refractivity contribution >= 4 is 5.97 Å². The van der Waals surface area contributed by atoms with Gasteiger partial charge in [-0.15, -0.1) is 0 Å². The standard InChI is InChI=1S/C19H30O3/c1-2-3-4-5-6-7-8-9-13-16-18(20)22-19(21)17-14-11-10-12-15-17/h10-12,14-15,18,20H,2-9,13,16H2,1H3. The molecule has 0 saturated heterocycles. The van der Waals surface area contributed by atoms with Crippen LogP contribution in [0.4, 0.5) is 0 Å². The number of aliphatic hydroxyl groups excluding tert-OH is 1. The van der Waals surface area contributed by atoms with E-state index in [1.807, 2.05) is 6.07 Å². The van der Waals surface area contributed by atoms with Gasteiger partial charge in [0.2, 0.25) is 6.29 Å². The number of carbonyl (C=O) groups excluding carboxylic acids is 1. The van der Waals surface area contributed by atoms with E-state index in [-0.39, 0.29) is 0 Å². The number of esters is 1. The number of hydrogen-bond acceptors (Lipinski definition) is 3. The smallest absolute Gasteiger partial charge is 0.340 e. The van der Waals surface area contributed by atoms with Gasteiger partial charge >= 0.3 is 5.97 Å². The van der Waals surface area contributed by atoms with Gasteiger partial charge < -0.3 is 9.84 Å². The van der Waals surface area contributed by atoms with Crippen LogP contribution in [0.25, 0.3) is 0 Å². The van der Waals surface area contributed by atoms with Crippen LogP contribution in [0, 0.1) is 0 Å². The quantitative estimate of drug-likeness (QED) is 0.333. The van der Waals surface area contributed by atoms with Crippen molar-refractivity contribution in [1.82, 2.24) is 0 Å². The third-order valence-electron chi connectivity index (χ3n) is 3.81. The molecule has 1 unspecified atom stereocenters. The summed E-state index contributed by atoms with van der Waals surface area (Å²) in [6.45, 7) is 2.23. The predicted octanol–water partition coefficient (Wildman–Crippen LogP) is 5.08. The molecule has 1 aromatic carbocycles. The lowest BCUT2D eigenvalue weighted by atomic mass is 10.1. The number of aliphatic hydroxyl groups is 1. The molecule has 22 heavy (non-hydrogen) atoms. The maximum atomic E-state index is 11.7. The second-order valence-electron chi connectivity index (χ2n) is 5.84. The van der Waals surface area contributed by atoms with E-state index < -0.39 is 12.3 Å². The molecule has 0 aromatic heterocycles. The van der Waals surface area contributed by atoms with Gasteiger partial charge in [-0.3, -0.25) is 0 Å². The highest BCUT2D eigenvalue weighted by atomic mass is 16.6. The number of rotatable bonds is 12. The topological polar surface area (TPSA) is 46.5 Å². The monoisotopic (exact) mass is 306 g/mol. The lowest BCUT2D eigenvalue weighted by Crippen LogP contribution is -2.17. The van der Waals surface area contributed by atoms with Crippen molar-refractivity contribution in [1.29, 1.82) is 0 Å². The number of hydrogen-bond donors (Lipinski definition) is 1. The Balaban J connectivity index is 1.99. The fourth-order valence-electron chi connectivity index (χ4n) is 2.45. The molecule has 0 spiro atoms. The molecule has 0 heterocycles. The summed E-state index contributed by atoms with van der Waals surface area (Å²) in [5.74, 6) is -0.455. The molecule has 0 saturated carbocycles. The third-order valence-corrected chi connectivity index (χ3v) is 3.81. The molecule has 0 fully saturated rings. The van der Waals surface area contributed by atoms with E-state index in [1.54, 1.807) is 24.3 Å². The minimum absolute atomic E-state index is 0.455. The minimum atomic E-state index is -0.989. The summed E-state index contributed by atoms with van der Waals surface area (Å²) < 4.78 is 5.03. The highest BCUT2D eigenvalue weighted by Crippen LogP contribution is 2.12. The predicted molar refractivity (Wildman–Crippen MR) is 89.7 cm³/mol. The molecule has 1 aromatic rings. The Morgan fingerprint density at radius 3 is 2.09 bits per heavy atom. The van der Waals surface area contributed by atoms with Crippen LogP contribution in [0.3, 0.4) is 0 Å². The van der Waals surface area contributed by atoms with Gasteiger partial charge in [0.05, 0.1) is 5.56 Å². The molecule has 3 heteroatoms. The van der Waals surface area contributed by atoms with Crippen LogP contribution in [-0.2, 0) is 4.74 Å². The molecule has 0 bridgehead atoms. The van der Waals surface area contributed by atoms with Crippen molar-refractivity contribution in [2.45, 2.75) is 77.4 Å². The lowest BCUT2D eigenvalue weighted by Gasteiger charge is -2.12. The Morgan fingerprint density at radius 2 is 1.50 bits per heavy atom. The zero-order valence-corrected chi connectivity index (χ0v) is 13.8. The van der Waals surface area contributed by atoms with E-state index in [0.29, 0.717) is 12.0 Å². The normalized spacial score (nSPS) is 12.1. The van der Waals surface area contributed by atoms with Crippen LogP contribution >= 0.6 is 0 Å². The molecule has 1 atom stereocenters. The van der Waals surface area contributed by atoms with Gasteiger partial charge in [0.1, 0.15) is 0 Å². The van der Waals surface area contributed by atoms with Crippen LogP contribution in [-0.4, -0.2) is 17.4 Å². The van der Waals surface area contributed by atoms with Crippen molar-refractivity contribution < 1.29 is 14.6 Å². The van der Waals surface area contributed by atoms with Crippen molar-refractivity contribution in [2.24, 2.45) is 0 Å². The molecule has 1 N–H and O–H groups in total. The number of unbranched alkanes of at least 4 members (excludes halogenated alkanes) is 8. The summed E-state index contributed by atoms with van der Waals surface area (Å²) in [6, 6.07) is 8.78. The van der Waals surface area contributed by atoms with Crippen LogP contribution in [0.1, 0.15) is 81.5 Å². The Morgan fingerprint density at radius 1 is 0.955 bits per heavy atom. The zero-order chi connectivity index (χ0) is 16.0. The van der Waals surface area contributed by atoms with Gasteiger partial charge in [-0.25, -0.2) is 4.79 Å². The summed E-state index contributed by atoms with van der Waals surface area (Å²) in [5.41, 5.74) is 0.480. The Bertz CT molecular complexity index is 389. The lowest BCUT2D eigenvalue weighted by molar-refractivity contribution is -0.0694. The highest BCUT2D eigenvalue weighted by Gasteiger charge is 2.12. The molecule has 3 nitrogen and oxygen atoms in total. The third kappa shape index (κ3) is 8.83. The summed E-state index contributed by atoms with van der Waals surface area (Å²) in [6.07, 6.45) is 10.6. The number of carbonyl (C=O) groups is 1. The molecular formula is C19H30O3.